The van der Waals surface area contributed by atoms with Crippen molar-refractivity contribution in [2.45, 2.75) is 32.9 Å². The van der Waals surface area contributed by atoms with Gasteiger partial charge < -0.3 is 0 Å². The number of allylic oxidation sites excluding steroid dienone is 1. The predicted molar refractivity (Wildman–Crippen MR) is 94.6 cm³/mol. The van der Waals surface area contributed by atoms with E-state index in [4.69, 9.17) is 0 Å². The van der Waals surface area contributed by atoms with Gasteiger partial charge >= 0.3 is 0 Å². The van der Waals surface area contributed by atoms with Crippen LogP contribution in [0.25, 0.3) is 0 Å². The van der Waals surface area contributed by atoms with Crippen molar-refractivity contribution in [3.63, 3.8) is 0 Å². The van der Waals surface area contributed by atoms with E-state index in [2.05, 4.69) is 63.0 Å². The number of halogens is 1. The SMILES string of the molecule is CC1(C)/C(=C\[Si](C)(C)c2ccccc2)C1c1ccccc1F. The van der Waals surface area contributed by atoms with E-state index < -0.39 is 8.07 Å². The molecule has 1 aliphatic carbocycles. The number of hydrogen-bond acceptors (Lipinski definition) is 0. The fraction of sp³-hybridized carbons (Fsp3) is 0.300. The van der Waals surface area contributed by atoms with Crippen molar-refractivity contribution in [2.75, 3.05) is 0 Å². The van der Waals surface area contributed by atoms with Gasteiger partial charge in [-0.1, -0.05) is 91.9 Å². The molecule has 0 radical (unpaired) electrons. The van der Waals surface area contributed by atoms with Gasteiger partial charge in [0.05, 0.1) is 0 Å². The van der Waals surface area contributed by atoms with Crippen LogP contribution in [0.4, 0.5) is 4.39 Å². The van der Waals surface area contributed by atoms with Crippen molar-refractivity contribution in [1.29, 1.82) is 0 Å². The van der Waals surface area contributed by atoms with Crippen molar-refractivity contribution >= 4 is 13.3 Å². The van der Waals surface area contributed by atoms with Gasteiger partial charge in [-0.25, -0.2) is 4.39 Å². The highest BCUT2D eigenvalue weighted by atomic mass is 28.3. The van der Waals surface area contributed by atoms with Crippen LogP contribution < -0.4 is 5.19 Å². The summed E-state index contributed by atoms with van der Waals surface area (Å²) >= 11 is 0. The lowest BCUT2D eigenvalue weighted by molar-refractivity contribution is 0.580. The molecule has 2 heteroatoms. The first-order valence-electron chi connectivity index (χ1n) is 7.87. The molecule has 0 amide bonds. The minimum Gasteiger partial charge on any atom is -0.207 e. The zero-order valence-electron chi connectivity index (χ0n) is 13.7. The van der Waals surface area contributed by atoms with E-state index in [1.165, 1.54) is 10.8 Å². The third kappa shape index (κ3) is 2.56. The smallest absolute Gasteiger partial charge is 0.127 e. The Morgan fingerprint density at radius 3 is 2.18 bits per heavy atom. The molecule has 0 nitrogen and oxygen atoms in total. The predicted octanol–water partition coefficient (Wildman–Crippen LogP) is 5.03. The largest absolute Gasteiger partial charge is 0.207 e. The molecule has 0 aromatic heterocycles. The van der Waals surface area contributed by atoms with Crippen LogP contribution >= 0.6 is 0 Å². The molecule has 1 aliphatic rings. The second-order valence-corrected chi connectivity index (χ2v) is 11.7. The molecule has 0 bridgehead atoms. The Hall–Kier alpha value is -1.67. The summed E-state index contributed by atoms with van der Waals surface area (Å²) in [5.41, 5.74) is 4.79. The maximum absolute atomic E-state index is 14.1. The Balaban J connectivity index is 1.97. The van der Waals surface area contributed by atoms with E-state index in [1.54, 1.807) is 12.1 Å². The summed E-state index contributed by atoms with van der Waals surface area (Å²) in [5, 5.41) is 1.43. The Morgan fingerprint density at radius 2 is 1.55 bits per heavy atom. The van der Waals surface area contributed by atoms with E-state index in [9.17, 15) is 4.39 Å². The summed E-state index contributed by atoms with van der Waals surface area (Å²) in [7, 11) is -1.65. The second-order valence-electron chi connectivity index (χ2n) is 7.36. The summed E-state index contributed by atoms with van der Waals surface area (Å²) in [6.07, 6.45) is 0. The van der Waals surface area contributed by atoms with Crippen LogP contribution in [-0.2, 0) is 0 Å². The molecule has 0 saturated heterocycles. The van der Waals surface area contributed by atoms with Gasteiger partial charge in [-0.2, -0.15) is 0 Å². The Bertz CT molecular complexity index is 713. The van der Waals surface area contributed by atoms with E-state index in [1.807, 2.05) is 12.1 Å². The van der Waals surface area contributed by atoms with Gasteiger partial charge in [0.25, 0.3) is 0 Å². The van der Waals surface area contributed by atoms with Crippen LogP contribution in [0.5, 0.6) is 0 Å². The molecule has 2 aromatic carbocycles. The first-order chi connectivity index (χ1) is 10.3. The lowest BCUT2D eigenvalue weighted by Gasteiger charge is -2.18. The Labute approximate surface area is 133 Å². The van der Waals surface area contributed by atoms with E-state index in [0.717, 1.165) is 5.56 Å². The summed E-state index contributed by atoms with van der Waals surface area (Å²) in [5.74, 6) is 0.146. The zero-order valence-corrected chi connectivity index (χ0v) is 14.7. The van der Waals surface area contributed by atoms with Crippen molar-refractivity contribution in [2.24, 2.45) is 5.41 Å². The molecule has 3 rings (SSSR count). The molecule has 1 atom stereocenters. The first-order valence-corrected chi connectivity index (χ1v) is 10.9. The van der Waals surface area contributed by atoms with E-state index >= 15 is 0 Å². The number of benzene rings is 2. The molecule has 114 valence electrons. The van der Waals surface area contributed by atoms with Crippen LogP contribution in [0.1, 0.15) is 25.3 Å². The van der Waals surface area contributed by atoms with Crippen LogP contribution in [0.15, 0.2) is 65.9 Å². The van der Waals surface area contributed by atoms with E-state index in [-0.39, 0.29) is 17.2 Å². The maximum Gasteiger partial charge on any atom is 0.127 e. The molecule has 1 fully saturated rings. The average molecular weight is 310 g/mol. The van der Waals surface area contributed by atoms with Crippen molar-refractivity contribution in [1.82, 2.24) is 0 Å². The van der Waals surface area contributed by atoms with Gasteiger partial charge in [0, 0.05) is 5.92 Å². The Kier molecular flexibility index (Phi) is 3.60. The van der Waals surface area contributed by atoms with Gasteiger partial charge in [0.2, 0.25) is 0 Å². The normalized spacial score (nSPS) is 21.9. The fourth-order valence-corrected chi connectivity index (χ4v) is 5.99. The molecule has 0 aliphatic heterocycles. The summed E-state index contributed by atoms with van der Waals surface area (Å²) in [4.78, 5) is 0. The molecule has 22 heavy (non-hydrogen) atoms. The average Bonchev–Trinajstić information content (AvgIpc) is 3.00. The second kappa shape index (κ2) is 5.20. The third-order valence-electron chi connectivity index (χ3n) is 4.94. The fourth-order valence-electron chi connectivity index (χ4n) is 3.45. The molecule has 2 aromatic rings. The third-order valence-corrected chi connectivity index (χ3v) is 7.80. The first kappa shape index (κ1) is 15.2. The number of rotatable bonds is 3. The molecule has 1 saturated carbocycles. The summed E-state index contributed by atoms with van der Waals surface area (Å²) in [6.45, 7) is 9.18. The van der Waals surface area contributed by atoms with Gasteiger partial charge in [-0.05, 0) is 17.0 Å². The van der Waals surface area contributed by atoms with Crippen LogP contribution in [0.3, 0.4) is 0 Å². The van der Waals surface area contributed by atoms with Crippen LogP contribution in [-0.4, -0.2) is 8.07 Å². The molecule has 1 unspecified atom stereocenters. The molecule has 0 spiro atoms. The van der Waals surface area contributed by atoms with Gasteiger partial charge in [-0.15, -0.1) is 0 Å². The molecule has 0 N–H and O–H groups in total. The summed E-state index contributed by atoms with van der Waals surface area (Å²) in [6, 6.07) is 17.9. The lowest BCUT2D eigenvalue weighted by atomic mass is 10.0. The molecule has 0 heterocycles. The topological polar surface area (TPSA) is 0 Å². The summed E-state index contributed by atoms with van der Waals surface area (Å²) < 4.78 is 14.1. The zero-order chi connectivity index (χ0) is 16.0. The van der Waals surface area contributed by atoms with Crippen LogP contribution in [0, 0.1) is 11.2 Å². The standard InChI is InChI=1S/C20H23FSi/c1-20(2)17(19(20)16-12-8-9-13-18(16)21)14-22(3,4)15-10-6-5-7-11-15/h5-14,19H,1-4H3/b17-14-. The highest BCUT2D eigenvalue weighted by Crippen LogP contribution is 2.64. The molecular weight excluding hydrogens is 287 g/mol. The van der Waals surface area contributed by atoms with Gasteiger partial charge in [0.1, 0.15) is 13.9 Å². The number of hydrogen-bond donors (Lipinski definition) is 0. The van der Waals surface area contributed by atoms with Crippen molar-refractivity contribution in [3.05, 3.63) is 77.3 Å². The maximum atomic E-state index is 14.1. The van der Waals surface area contributed by atoms with E-state index in [0.29, 0.717) is 0 Å². The van der Waals surface area contributed by atoms with Gasteiger partial charge in [-0.3, -0.25) is 0 Å². The highest BCUT2D eigenvalue weighted by Gasteiger charge is 2.54. The van der Waals surface area contributed by atoms with Crippen LogP contribution in [0.2, 0.25) is 13.1 Å². The quantitative estimate of drug-likeness (QED) is 0.697. The van der Waals surface area contributed by atoms with Gasteiger partial charge in [0.15, 0.2) is 0 Å². The minimum absolute atomic E-state index is 0.0707. The monoisotopic (exact) mass is 310 g/mol. The molecular formula is C20H23FSi. The minimum atomic E-state index is -1.65. The highest BCUT2D eigenvalue weighted by molar-refractivity contribution is 6.94. The lowest BCUT2D eigenvalue weighted by Crippen LogP contribution is -2.39. The Morgan fingerprint density at radius 1 is 0.955 bits per heavy atom. The van der Waals surface area contributed by atoms with Crippen molar-refractivity contribution < 1.29 is 4.39 Å². The van der Waals surface area contributed by atoms with Crippen molar-refractivity contribution in [3.8, 4) is 0 Å².